The van der Waals surface area contributed by atoms with Crippen LogP contribution in [0.25, 0.3) is 0 Å². The van der Waals surface area contributed by atoms with E-state index in [-0.39, 0.29) is 11.9 Å². The van der Waals surface area contributed by atoms with Crippen LogP contribution < -0.4 is 15.4 Å². The van der Waals surface area contributed by atoms with Crippen LogP contribution in [-0.2, 0) is 13.1 Å². The molecule has 2 N–H and O–H groups in total. The highest BCUT2D eigenvalue weighted by Gasteiger charge is 2.07. The van der Waals surface area contributed by atoms with E-state index in [2.05, 4.69) is 38.9 Å². The van der Waals surface area contributed by atoms with Crippen molar-refractivity contribution < 1.29 is 9.13 Å². The zero-order chi connectivity index (χ0) is 20.5. The Kier molecular flexibility index (Phi) is 7.22. The van der Waals surface area contributed by atoms with E-state index >= 15 is 0 Å². The molecule has 0 spiro atoms. The number of aliphatic imine (C=N–C) groups is 1. The van der Waals surface area contributed by atoms with Crippen molar-refractivity contribution in [2.75, 3.05) is 13.6 Å². The Bertz CT molecular complexity index is 926. The highest BCUT2D eigenvalue weighted by Crippen LogP contribution is 2.13. The van der Waals surface area contributed by atoms with Crippen LogP contribution in [0.3, 0.4) is 0 Å². The molecule has 29 heavy (non-hydrogen) atoms. The van der Waals surface area contributed by atoms with Crippen LogP contribution in [0.15, 0.2) is 72.0 Å². The summed E-state index contributed by atoms with van der Waals surface area (Å²) in [5, 5.41) is 10.8. The molecule has 0 saturated heterocycles. The fourth-order valence-corrected chi connectivity index (χ4v) is 2.88. The molecule has 3 aromatic rings. The maximum atomic E-state index is 13.3. The van der Waals surface area contributed by atoms with Crippen LogP contribution in [0, 0.1) is 5.82 Å². The molecule has 0 saturated carbocycles. The van der Waals surface area contributed by atoms with Gasteiger partial charge in [0.25, 0.3) is 0 Å². The fourth-order valence-electron chi connectivity index (χ4n) is 2.88. The Hall–Kier alpha value is -3.35. The van der Waals surface area contributed by atoms with Crippen molar-refractivity contribution in [3.63, 3.8) is 0 Å². The number of hydrogen-bond acceptors (Lipinski definition) is 3. The molecule has 0 radical (unpaired) electrons. The maximum Gasteiger partial charge on any atom is 0.191 e. The molecule has 1 aromatic heterocycles. The number of aromatic nitrogens is 2. The third kappa shape index (κ3) is 6.64. The predicted octanol–water partition coefficient (Wildman–Crippen LogP) is 3.20. The van der Waals surface area contributed by atoms with E-state index in [4.69, 9.17) is 4.74 Å². The first-order valence-corrected chi connectivity index (χ1v) is 9.54. The molecule has 0 amide bonds. The summed E-state index contributed by atoms with van der Waals surface area (Å²) in [6.07, 6.45) is 3.58. The normalized spacial score (nSPS) is 12.4. The standard InChI is InChI=1S/C22H26FN5O/c1-17(29-21-9-4-8-20(23)13-21)14-25-22(24-2)26-15-18-6-3-7-19(12-18)16-28-11-5-10-27-28/h3-13,17H,14-16H2,1-2H3,(H2,24,25,26). The Balaban J connectivity index is 1.46. The van der Waals surface area contributed by atoms with Crippen molar-refractivity contribution in [1.82, 2.24) is 20.4 Å². The van der Waals surface area contributed by atoms with Gasteiger partial charge in [-0.2, -0.15) is 5.10 Å². The van der Waals surface area contributed by atoms with Crippen molar-refractivity contribution in [3.05, 3.63) is 83.9 Å². The van der Waals surface area contributed by atoms with Gasteiger partial charge in [-0.3, -0.25) is 9.67 Å². The topological polar surface area (TPSA) is 63.5 Å². The highest BCUT2D eigenvalue weighted by atomic mass is 19.1. The smallest absolute Gasteiger partial charge is 0.191 e. The fraction of sp³-hybridized carbons (Fsp3) is 0.273. The van der Waals surface area contributed by atoms with Crippen molar-refractivity contribution in [2.45, 2.75) is 26.1 Å². The van der Waals surface area contributed by atoms with Gasteiger partial charge in [0.05, 0.1) is 13.1 Å². The Labute approximate surface area is 170 Å². The van der Waals surface area contributed by atoms with Crippen molar-refractivity contribution >= 4 is 5.96 Å². The van der Waals surface area contributed by atoms with Gasteiger partial charge in [-0.25, -0.2) is 4.39 Å². The molecular weight excluding hydrogens is 369 g/mol. The molecule has 1 unspecified atom stereocenters. The number of benzene rings is 2. The molecule has 7 heteroatoms. The van der Waals surface area contributed by atoms with E-state index in [0.29, 0.717) is 24.8 Å². The second kappa shape index (κ2) is 10.3. The highest BCUT2D eigenvalue weighted by molar-refractivity contribution is 5.79. The zero-order valence-corrected chi connectivity index (χ0v) is 16.7. The SMILES string of the molecule is CN=C(NCc1cccc(Cn2cccn2)c1)NCC(C)Oc1cccc(F)c1. The van der Waals surface area contributed by atoms with Crippen LogP contribution in [0.1, 0.15) is 18.1 Å². The van der Waals surface area contributed by atoms with Gasteiger partial charge in [0.15, 0.2) is 5.96 Å². The number of nitrogens with one attached hydrogen (secondary N) is 2. The van der Waals surface area contributed by atoms with Crippen molar-refractivity contribution in [1.29, 1.82) is 0 Å². The van der Waals surface area contributed by atoms with Crippen molar-refractivity contribution in [2.24, 2.45) is 4.99 Å². The lowest BCUT2D eigenvalue weighted by molar-refractivity contribution is 0.223. The minimum Gasteiger partial charge on any atom is -0.489 e. The molecular formula is C22H26FN5O. The molecule has 1 atom stereocenters. The zero-order valence-electron chi connectivity index (χ0n) is 16.7. The largest absolute Gasteiger partial charge is 0.489 e. The minimum absolute atomic E-state index is 0.146. The summed E-state index contributed by atoms with van der Waals surface area (Å²) in [6.45, 7) is 3.84. The number of rotatable bonds is 8. The van der Waals surface area contributed by atoms with Gasteiger partial charge >= 0.3 is 0 Å². The first-order valence-electron chi connectivity index (χ1n) is 9.54. The summed E-state index contributed by atoms with van der Waals surface area (Å²) in [5.41, 5.74) is 2.34. The minimum atomic E-state index is -0.310. The van der Waals surface area contributed by atoms with Crippen LogP contribution >= 0.6 is 0 Å². The number of halogens is 1. The quantitative estimate of drug-likeness (QED) is 0.454. The molecule has 0 fully saturated rings. The molecule has 0 aliphatic heterocycles. The van der Waals surface area contributed by atoms with Gasteiger partial charge in [-0.05, 0) is 36.2 Å². The molecule has 2 aromatic carbocycles. The van der Waals surface area contributed by atoms with Gasteiger partial charge in [0.2, 0.25) is 0 Å². The average molecular weight is 395 g/mol. The lowest BCUT2D eigenvalue weighted by Gasteiger charge is -2.18. The van der Waals surface area contributed by atoms with Crippen molar-refractivity contribution in [3.8, 4) is 5.75 Å². The molecule has 152 valence electrons. The average Bonchev–Trinajstić information content (AvgIpc) is 3.21. The number of ether oxygens (including phenoxy) is 1. The first-order chi connectivity index (χ1) is 14.1. The summed E-state index contributed by atoms with van der Waals surface area (Å²) in [7, 11) is 1.72. The van der Waals surface area contributed by atoms with E-state index in [1.807, 2.05) is 29.9 Å². The third-order valence-electron chi connectivity index (χ3n) is 4.27. The second-order valence-corrected chi connectivity index (χ2v) is 6.72. The summed E-state index contributed by atoms with van der Waals surface area (Å²) < 4.78 is 20.9. The summed E-state index contributed by atoms with van der Waals surface area (Å²) in [5.74, 6) is 0.878. The Morgan fingerprint density at radius 1 is 1.14 bits per heavy atom. The molecule has 1 heterocycles. The predicted molar refractivity (Wildman–Crippen MR) is 112 cm³/mol. The summed E-state index contributed by atoms with van der Waals surface area (Å²) in [6, 6.07) is 16.4. The maximum absolute atomic E-state index is 13.3. The molecule has 6 nitrogen and oxygen atoms in total. The van der Waals surface area contributed by atoms with E-state index in [1.165, 1.54) is 17.7 Å². The van der Waals surface area contributed by atoms with Gasteiger partial charge in [0, 0.05) is 32.1 Å². The van der Waals surface area contributed by atoms with Gasteiger partial charge < -0.3 is 15.4 Å². The van der Waals surface area contributed by atoms with Gasteiger partial charge in [0.1, 0.15) is 17.7 Å². The number of nitrogens with zero attached hydrogens (tertiary/aromatic N) is 3. The summed E-state index contributed by atoms with van der Waals surface area (Å²) in [4.78, 5) is 4.24. The van der Waals surface area contributed by atoms with Crippen LogP contribution in [0.2, 0.25) is 0 Å². The Morgan fingerprint density at radius 3 is 2.72 bits per heavy atom. The number of hydrogen-bond donors (Lipinski definition) is 2. The van der Waals surface area contributed by atoms with E-state index in [0.717, 1.165) is 12.1 Å². The second-order valence-electron chi connectivity index (χ2n) is 6.72. The van der Waals surface area contributed by atoms with E-state index in [1.54, 1.807) is 25.4 Å². The lowest BCUT2D eigenvalue weighted by atomic mass is 10.1. The van der Waals surface area contributed by atoms with Crippen LogP contribution in [0.5, 0.6) is 5.75 Å². The van der Waals surface area contributed by atoms with E-state index in [9.17, 15) is 4.39 Å². The molecule has 0 aliphatic rings. The molecule has 3 rings (SSSR count). The lowest BCUT2D eigenvalue weighted by Crippen LogP contribution is -2.41. The van der Waals surface area contributed by atoms with Gasteiger partial charge in [-0.1, -0.05) is 30.3 Å². The van der Waals surface area contributed by atoms with Crippen LogP contribution in [-0.4, -0.2) is 35.4 Å². The number of guanidine groups is 1. The van der Waals surface area contributed by atoms with E-state index < -0.39 is 0 Å². The summed E-state index contributed by atoms with van der Waals surface area (Å²) >= 11 is 0. The monoisotopic (exact) mass is 395 g/mol. The van der Waals surface area contributed by atoms with Crippen LogP contribution in [0.4, 0.5) is 4.39 Å². The first kappa shape index (κ1) is 20.4. The molecule has 0 bridgehead atoms. The Morgan fingerprint density at radius 2 is 1.97 bits per heavy atom. The third-order valence-corrected chi connectivity index (χ3v) is 4.27. The van der Waals surface area contributed by atoms with Gasteiger partial charge in [-0.15, -0.1) is 0 Å². The molecule has 0 aliphatic carbocycles.